The lowest BCUT2D eigenvalue weighted by atomic mass is 9.97. The van der Waals surface area contributed by atoms with Crippen molar-refractivity contribution in [3.05, 3.63) is 71.5 Å². The third-order valence-corrected chi connectivity index (χ3v) is 6.72. The molecule has 0 saturated carbocycles. The number of ether oxygens (including phenoxy) is 2. The summed E-state index contributed by atoms with van der Waals surface area (Å²) in [7, 11) is 0. The van der Waals surface area contributed by atoms with Crippen LogP contribution in [0.1, 0.15) is 27.7 Å². The molecule has 2 aliphatic rings. The molecule has 2 aliphatic heterocycles. The SMILES string of the molecule is Cc1c(C(=O)c2cccc3ncccc23)c2cccc3c2n1C(CN1CCOCC1)CO3. The summed E-state index contributed by atoms with van der Waals surface area (Å²) in [6.07, 6.45) is 1.76. The fourth-order valence-electron chi connectivity index (χ4n) is 5.23. The highest BCUT2D eigenvalue weighted by Gasteiger charge is 2.31. The Morgan fingerprint density at radius 3 is 2.75 bits per heavy atom. The molecule has 32 heavy (non-hydrogen) atoms. The number of nitrogens with zero attached hydrogens (tertiary/aromatic N) is 3. The highest BCUT2D eigenvalue weighted by Crippen LogP contribution is 2.40. The molecule has 0 aliphatic carbocycles. The summed E-state index contributed by atoms with van der Waals surface area (Å²) in [5.41, 5.74) is 4.30. The van der Waals surface area contributed by atoms with E-state index in [0.717, 1.165) is 71.7 Å². The van der Waals surface area contributed by atoms with Crippen molar-refractivity contribution in [1.29, 1.82) is 0 Å². The molecule has 4 heterocycles. The minimum Gasteiger partial charge on any atom is -0.489 e. The summed E-state index contributed by atoms with van der Waals surface area (Å²) in [6, 6.07) is 15.8. The third kappa shape index (κ3) is 3.02. The number of carbonyl (C=O) groups excluding carboxylic acids is 1. The average Bonchev–Trinajstić information content (AvgIpc) is 3.14. The second-order valence-electron chi connectivity index (χ2n) is 8.57. The molecule has 162 valence electrons. The highest BCUT2D eigenvalue weighted by atomic mass is 16.5. The largest absolute Gasteiger partial charge is 0.489 e. The summed E-state index contributed by atoms with van der Waals surface area (Å²) in [6.45, 7) is 6.94. The molecule has 2 aromatic carbocycles. The van der Waals surface area contributed by atoms with Gasteiger partial charge in [-0.25, -0.2) is 0 Å². The number of pyridine rings is 1. The van der Waals surface area contributed by atoms with Gasteiger partial charge in [0.15, 0.2) is 5.78 Å². The molecule has 0 radical (unpaired) electrons. The van der Waals surface area contributed by atoms with Crippen LogP contribution in [0.5, 0.6) is 5.75 Å². The Bertz CT molecular complexity index is 1330. The fraction of sp³-hybridized carbons (Fsp3) is 0.308. The number of morpholine rings is 1. The van der Waals surface area contributed by atoms with Gasteiger partial charge >= 0.3 is 0 Å². The number of carbonyl (C=O) groups is 1. The highest BCUT2D eigenvalue weighted by molar-refractivity contribution is 6.22. The summed E-state index contributed by atoms with van der Waals surface area (Å²) in [4.78, 5) is 20.8. The Labute approximate surface area is 186 Å². The van der Waals surface area contributed by atoms with Crippen molar-refractivity contribution >= 4 is 27.6 Å². The molecule has 0 spiro atoms. The van der Waals surface area contributed by atoms with Crippen LogP contribution in [0, 0.1) is 6.92 Å². The quantitative estimate of drug-likeness (QED) is 0.461. The zero-order chi connectivity index (χ0) is 21.7. The number of rotatable bonds is 4. The molecular weight excluding hydrogens is 402 g/mol. The topological polar surface area (TPSA) is 56.6 Å². The Morgan fingerprint density at radius 1 is 1.06 bits per heavy atom. The number of hydrogen-bond donors (Lipinski definition) is 0. The minimum atomic E-state index is 0.0361. The zero-order valence-electron chi connectivity index (χ0n) is 18.1. The van der Waals surface area contributed by atoms with Crippen LogP contribution in [0.4, 0.5) is 0 Å². The maximum Gasteiger partial charge on any atom is 0.196 e. The Kier molecular flexibility index (Phi) is 4.70. The second kappa shape index (κ2) is 7.73. The lowest BCUT2D eigenvalue weighted by molar-refractivity contribution is 0.0272. The van der Waals surface area contributed by atoms with Crippen LogP contribution in [0.3, 0.4) is 0 Å². The second-order valence-corrected chi connectivity index (χ2v) is 8.57. The van der Waals surface area contributed by atoms with Gasteiger partial charge in [0, 0.05) is 47.9 Å². The number of para-hydroxylation sites is 1. The van der Waals surface area contributed by atoms with Crippen LogP contribution < -0.4 is 4.74 Å². The van der Waals surface area contributed by atoms with Crippen LogP contribution >= 0.6 is 0 Å². The molecule has 4 aromatic rings. The van der Waals surface area contributed by atoms with Gasteiger partial charge < -0.3 is 14.0 Å². The Morgan fingerprint density at radius 2 is 1.88 bits per heavy atom. The van der Waals surface area contributed by atoms with Gasteiger partial charge in [-0.1, -0.05) is 30.3 Å². The Balaban J connectivity index is 1.50. The molecule has 2 aromatic heterocycles. The van der Waals surface area contributed by atoms with Crippen molar-refractivity contribution in [1.82, 2.24) is 14.5 Å². The van der Waals surface area contributed by atoms with Crippen LogP contribution in [-0.2, 0) is 4.74 Å². The van der Waals surface area contributed by atoms with E-state index in [0.29, 0.717) is 12.2 Å². The number of benzene rings is 2. The number of ketones is 1. The van der Waals surface area contributed by atoms with E-state index in [2.05, 4.69) is 21.4 Å². The summed E-state index contributed by atoms with van der Waals surface area (Å²) in [5.74, 6) is 0.886. The molecule has 6 heteroatoms. The van der Waals surface area contributed by atoms with E-state index in [1.165, 1.54) is 0 Å². The molecular formula is C26H25N3O3. The molecule has 1 atom stereocenters. The van der Waals surface area contributed by atoms with E-state index in [1.54, 1.807) is 6.20 Å². The number of fused-ring (bicyclic) bond motifs is 1. The predicted molar refractivity (Wildman–Crippen MR) is 124 cm³/mol. The molecule has 1 unspecified atom stereocenters. The lowest BCUT2D eigenvalue weighted by Crippen LogP contribution is -2.42. The lowest BCUT2D eigenvalue weighted by Gasteiger charge is -2.34. The fourth-order valence-corrected chi connectivity index (χ4v) is 5.23. The van der Waals surface area contributed by atoms with E-state index < -0.39 is 0 Å². The van der Waals surface area contributed by atoms with Crippen molar-refractivity contribution in [2.45, 2.75) is 13.0 Å². The molecule has 1 fully saturated rings. The van der Waals surface area contributed by atoms with Gasteiger partial charge in [-0.15, -0.1) is 0 Å². The van der Waals surface area contributed by atoms with Gasteiger partial charge in [-0.05, 0) is 25.1 Å². The maximum atomic E-state index is 13.9. The van der Waals surface area contributed by atoms with Crippen LogP contribution in [0.2, 0.25) is 0 Å². The first-order chi connectivity index (χ1) is 15.7. The first-order valence-electron chi connectivity index (χ1n) is 11.2. The normalized spacial score (nSPS) is 18.7. The van der Waals surface area contributed by atoms with Crippen molar-refractivity contribution in [2.24, 2.45) is 0 Å². The van der Waals surface area contributed by atoms with E-state index in [9.17, 15) is 4.79 Å². The third-order valence-electron chi connectivity index (χ3n) is 6.72. The van der Waals surface area contributed by atoms with E-state index >= 15 is 0 Å². The maximum absolute atomic E-state index is 13.9. The van der Waals surface area contributed by atoms with E-state index in [-0.39, 0.29) is 11.8 Å². The first-order valence-corrected chi connectivity index (χ1v) is 11.2. The predicted octanol–water partition coefficient (Wildman–Crippen LogP) is 3.99. The van der Waals surface area contributed by atoms with Gasteiger partial charge in [0.05, 0.1) is 35.9 Å². The van der Waals surface area contributed by atoms with Crippen molar-refractivity contribution < 1.29 is 14.3 Å². The van der Waals surface area contributed by atoms with Crippen molar-refractivity contribution in [3.63, 3.8) is 0 Å². The van der Waals surface area contributed by atoms with Crippen LogP contribution in [0.15, 0.2) is 54.7 Å². The van der Waals surface area contributed by atoms with Gasteiger partial charge in [0.2, 0.25) is 0 Å². The number of hydrogen-bond acceptors (Lipinski definition) is 5. The summed E-state index contributed by atoms with van der Waals surface area (Å²) in [5, 5.41) is 1.84. The molecule has 0 bridgehead atoms. The average molecular weight is 428 g/mol. The molecule has 6 nitrogen and oxygen atoms in total. The standard InChI is InChI=1S/C26H25N3O3/c1-17-24(26(30)20-5-2-8-22-19(20)7-4-10-27-22)21-6-3-9-23-25(21)29(17)18(16-32-23)15-28-11-13-31-14-12-28/h2-10,18H,11-16H2,1H3. The minimum absolute atomic E-state index is 0.0361. The summed E-state index contributed by atoms with van der Waals surface area (Å²) < 4.78 is 14.0. The monoisotopic (exact) mass is 427 g/mol. The molecule has 1 saturated heterocycles. The Hall–Kier alpha value is -3.22. The van der Waals surface area contributed by atoms with Crippen molar-refractivity contribution in [2.75, 3.05) is 39.5 Å². The van der Waals surface area contributed by atoms with E-state index in [4.69, 9.17) is 9.47 Å². The zero-order valence-corrected chi connectivity index (χ0v) is 18.1. The molecule has 0 N–H and O–H groups in total. The van der Waals surface area contributed by atoms with Gasteiger partial charge in [-0.2, -0.15) is 0 Å². The number of aromatic nitrogens is 2. The van der Waals surface area contributed by atoms with Crippen LogP contribution in [0.25, 0.3) is 21.8 Å². The smallest absolute Gasteiger partial charge is 0.196 e. The van der Waals surface area contributed by atoms with Gasteiger partial charge in [0.25, 0.3) is 0 Å². The summed E-state index contributed by atoms with van der Waals surface area (Å²) >= 11 is 0. The first kappa shape index (κ1) is 19.5. The van der Waals surface area contributed by atoms with E-state index in [1.807, 2.05) is 48.5 Å². The van der Waals surface area contributed by atoms with Gasteiger partial charge in [0.1, 0.15) is 12.4 Å². The van der Waals surface area contributed by atoms with Crippen LogP contribution in [-0.4, -0.2) is 59.7 Å². The van der Waals surface area contributed by atoms with Gasteiger partial charge in [-0.3, -0.25) is 14.7 Å². The van der Waals surface area contributed by atoms with Crippen molar-refractivity contribution in [3.8, 4) is 5.75 Å². The molecule has 0 amide bonds. The molecule has 6 rings (SSSR count).